The molecule has 0 atom stereocenters. The van der Waals surface area contributed by atoms with Crippen molar-refractivity contribution in [1.82, 2.24) is 0 Å². The molecule has 0 spiro atoms. The Morgan fingerprint density at radius 3 is 1.79 bits per heavy atom. The molecule has 0 saturated carbocycles. The molecule has 4 aromatic rings. The normalized spacial score (nSPS) is 13.9. The molecule has 0 bridgehead atoms. The lowest BCUT2D eigenvalue weighted by Gasteiger charge is -2.36. The lowest BCUT2D eigenvalue weighted by atomic mass is 9.84. The van der Waals surface area contributed by atoms with E-state index in [9.17, 15) is 0 Å². The molecule has 0 saturated heterocycles. The summed E-state index contributed by atoms with van der Waals surface area (Å²) in [7, 11) is 0. The summed E-state index contributed by atoms with van der Waals surface area (Å²) in [4.78, 5) is 0. The van der Waals surface area contributed by atoms with Crippen LogP contribution >= 0.6 is 0 Å². The fourth-order valence-electron chi connectivity index (χ4n) is 3.69. The molecule has 0 unspecified atom stereocenters. The molecule has 0 aromatic heterocycles. The van der Waals surface area contributed by atoms with Crippen LogP contribution in [0.5, 0.6) is 17.2 Å². The van der Waals surface area contributed by atoms with Gasteiger partial charge in [0.2, 0.25) is 0 Å². The average molecular weight is 376 g/mol. The maximum absolute atomic E-state index is 6.70. The molecule has 2 nitrogen and oxygen atoms in total. The largest absolute Gasteiger partial charge is 0.473 e. The van der Waals surface area contributed by atoms with E-state index >= 15 is 0 Å². The smallest absolute Gasteiger partial charge is 0.178 e. The second-order valence-electron chi connectivity index (χ2n) is 7.02. The van der Waals surface area contributed by atoms with Crippen molar-refractivity contribution in [3.8, 4) is 17.2 Å². The van der Waals surface area contributed by atoms with E-state index in [-0.39, 0.29) is 0 Å². The molecule has 29 heavy (non-hydrogen) atoms. The summed E-state index contributed by atoms with van der Waals surface area (Å²) >= 11 is 0. The van der Waals surface area contributed by atoms with Crippen molar-refractivity contribution in [2.75, 3.05) is 0 Å². The highest BCUT2D eigenvalue weighted by atomic mass is 16.5. The third kappa shape index (κ3) is 3.30. The quantitative estimate of drug-likeness (QED) is 0.389. The van der Waals surface area contributed by atoms with Gasteiger partial charge in [0, 0.05) is 22.8 Å². The lowest BCUT2D eigenvalue weighted by molar-refractivity contribution is 0.160. The number of benzene rings is 4. The van der Waals surface area contributed by atoms with E-state index in [1.807, 2.05) is 84.9 Å². The molecule has 140 valence electrons. The lowest BCUT2D eigenvalue weighted by Crippen LogP contribution is -2.34. The van der Waals surface area contributed by atoms with Gasteiger partial charge in [0.25, 0.3) is 0 Å². The van der Waals surface area contributed by atoms with Crippen molar-refractivity contribution in [2.45, 2.75) is 5.60 Å². The zero-order valence-corrected chi connectivity index (χ0v) is 15.9. The third-order valence-corrected chi connectivity index (χ3v) is 5.14. The van der Waals surface area contributed by atoms with Gasteiger partial charge in [-0.25, -0.2) is 0 Å². The number of hydrogen-bond donors (Lipinski definition) is 0. The molecular formula is C27H20O2. The minimum atomic E-state index is -0.680. The van der Waals surface area contributed by atoms with Gasteiger partial charge in [-0.05, 0) is 30.3 Å². The molecule has 0 radical (unpaired) electrons. The summed E-state index contributed by atoms with van der Waals surface area (Å²) in [5.41, 5.74) is 2.53. The minimum Gasteiger partial charge on any atom is -0.473 e. The van der Waals surface area contributed by atoms with E-state index in [0.29, 0.717) is 0 Å². The van der Waals surface area contributed by atoms with Crippen molar-refractivity contribution < 1.29 is 9.47 Å². The van der Waals surface area contributed by atoms with Crippen LogP contribution in [0.4, 0.5) is 0 Å². The van der Waals surface area contributed by atoms with E-state index in [0.717, 1.165) is 33.9 Å². The van der Waals surface area contributed by atoms with Gasteiger partial charge in [-0.2, -0.15) is 0 Å². The topological polar surface area (TPSA) is 18.5 Å². The van der Waals surface area contributed by atoms with Gasteiger partial charge >= 0.3 is 0 Å². The monoisotopic (exact) mass is 376 g/mol. The van der Waals surface area contributed by atoms with E-state index in [4.69, 9.17) is 9.47 Å². The Bertz CT molecular complexity index is 1090. The Morgan fingerprint density at radius 2 is 1.17 bits per heavy atom. The Morgan fingerprint density at radius 1 is 0.586 bits per heavy atom. The SMILES string of the molecule is C1=CC(c2ccccc2)(c2ccccc2)Oc2cc(Oc3ccccc3)ccc21. The highest BCUT2D eigenvalue weighted by molar-refractivity contribution is 5.65. The van der Waals surface area contributed by atoms with Crippen LogP contribution in [0, 0.1) is 0 Å². The van der Waals surface area contributed by atoms with Crippen molar-refractivity contribution >= 4 is 6.08 Å². The maximum atomic E-state index is 6.70. The highest BCUT2D eigenvalue weighted by Gasteiger charge is 2.36. The first-order valence-electron chi connectivity index (χ1n) is 9.70. The van der Waals surface area contributed by atoms with Crippen molar-refractivity contribution in [3.05, 3.63) is 132 Å². The van der Waals surface area contributed by atoms with Gasteiger partial charge in [0.15, 0.2) is 5.60 Å². The van der Waals surface area contributed by atoms with Crippen LogP contribution < -0.4 is 9.47 Å². The van der Waals surface area contributed by atoms with Crippen LogP contribution in [-0.2, 0) is 5.60 Å². The van der Waals surface area contributed by atoms with E-state index < -0.39 is 5.60 Å². The van der Waals surface area contributed by atoms with Crippen LogP contribution in [0.3, 0.4) is 0 Å². The first-order valence-corrected chi connectivity index (χ1v) is 9.70. The Hall–Kier alpha value is -3.78. The summed E-state index contributed by atoms with van der Waals surface area (Å²) < 4.78 is 12.7. The fourth-order valence-corrected chi connectivity index (χ4v) is 3.69. The molecule has 0 amide bonds. The van der Waals surface area contributed by atoms with Crippen molar-refractivity contribution in [1.29, 1.82) is 0 Å². The molecule has 1 heterocycles. The summed E-state index contributed by atoms with van der Waals surface area (Å²) in [6, 6.07) is 36.4. The van der Waals surface area contributed by atoms with Gasteiger partial charge in [0.05, 0.1) is 0 Å². The Labute approximate surface area is 170 Å². The van der Waals surface area contributed by atoms with Crippen LogP contribution in [-0.4, -0.2) is 0 Å². The predicted octanol–water partition coefficient (Wildman–Crippen LogP) is 6.83. The van der Waals surface area contributed by atoms with Gasteiger partial charge in [-0.15, -0.1) is 0 Å². The molecule has 0 N–H and O–H groups in total. The zero-order chi connectivity index (χ0) is 19.5. The standard InChI is InChI=1S/C27H20O2/c1-4-10-22(11-5-1)27(23-12-6-2-7-13-23)19-18-21-16-17-25(20-26(21)29-27)28-24-14-8-3-9-15-24/h1-20H. The summed E-state index contributed by atoms with van der Waals surface area (Å²) in [5, 5.41) is 0. The number of fused-ring (bicyclic) bond motifs is 1. The predicted molar refractivity (Wildman–Crippen MR) is 116 cm³/mol. The molecule has 0 fully saturated rings. The molecular weight excluding hydrogens is 356 g/mol. The van der Waals surface area contributed by atoms with Crippen LogP contribution in [0.1, 0.15) is 16.7 Å². The minimum absolute atomic E-state index is 0.680. The molecule has 2 heteroatoms. The van der Waals surface area contributed by atoms with Crippen LogP contribution in [0.2, 0.25) is 0 Å². The third-order valence-electron chi connectivity index (χ3n) is 5.14. The second kappa shape index (κ2) is 7.33. The number of para-hydroxylation sites is 1. The molecule has 5 rings (SSSR count). The average Bonchev–Trinajstić information content (AvgIpc) is 2.80. The summed E-state index contributed by atoms with van der Waals surface area (Å²) in [6.45, 7) is 0. The first kappa shape index (κ1) is 17.3. The Balaban J connectivity index is 1.57. The van der Waals surface area contributed by atoms with Crippen molar-refractivity contribution in [2.24, 2.45) is 0 Å². The van der Waals surface area contributed by atoms with E-state index in [1.165, 1.54) is 0 Å². The molecule has 1 aliphatic rings. The zero-order valence-electron chi connectivity index (χ0n) is 15.9. The molecule has 1 aliphatic heterocycles. The van der Waals surface area contributed by atoms with Gasteiger partial charge in [0.1, 0.15) is 17.2 Å². The Kier molecular flexibility index (Phi) is 4.38. The van der Waals surface area contributed by atoms with Gasteiger partial charge < -0.3 is 9.47 Å². The van der Waals surface area contributed by atoms with Gasteiger partial charge in [-0.1, -0.05) is 84.9 Å². The second-order valence-corrected chi connectivity index (χ2v) is 7.02. The maximum Gasteiger partial charge on any atom is 0.178 e. The summed E-state index contributed by atoms with van der Waals surface area (Å²) in [6.07, 6.45) is 4.27. The first-order chi connectivity index (χ1) is 14.3. The van der Waals surface area contributed by atoms with E-state index in [1.54, 1.807) is 0 Å². The van der Waals surface area contributed by atoms with Gasteiger partial charge in [-0.3, -0.25) is 0 Å². The van der Waals surface area contributed by atoms with E-state index in [2.05, 4.69) is 36.4 Å². The number of ether oxygens (including phenoxy) is 2. The fraction of sp³-hybridized carbons (Fsp3) is 0.0370. The highest BCUT2D eigenvalue weighted by Crippen LogP contribution is 2.43. The molecule has 0 aliphatic carbocycles. The van der Waals surface area contributed by atoms with Crippen molar-refractivity contribution in [3.63, 3.8) is 0 Å². The van der Waals surface area contributed by atoms with Crippen LogP contribution in [0.25, 0.3) is 6.08 Å². The number of rotatable bonds is 4. The molecule has 4 aromatic carbocycles. The number of hydrogen-bond acceptors (Lipinski definition) is 2. The summed E-state index contributed by atoms with van der Waals surface area (Å²) in [5.74, 6) is 2.35. The van der Waals surface area contributed by atoms with Crippen LogP contribution in [0.15, 0.2) is 115 Å².